The van der Waals surface area contributed by atoms with E-state index in [4.69, 9.17) is 18.9 Å². The SMILES string of the molecule is CC(C)(C)C1(c2nc3ccccc3o2)Cc2ccc(OC3CCNCC3)cc2OC1=O. The number of hydrogen-bond donors (Lipinski definition) is 1. The van der Waals surface area contributed by atoms with Crippen LogP contribution < -0.4 is 14.8 Å². The van der Waals surface area contributed by atoms with Gasteiger partial charge in [-0.05, 0) is 55.1 Å². The third-order valence-corrected chi connectivity index (χ3v) is 6.57. The van der Waals surface area contributed by atoms with Crippen LogP contribution in [0.25, 0.3) is 11.1 Å². The monoisotopic (exact) mass is 420 g/mol. The van der Waals surface area contributed by atoms with Crippen LogP contribution in [0.5, 0.6) is 11.5 Å². The highest BCUT2D eigenvalue weighted by atomic mass is 16.5. The van der Waals surface area contributed by atoms with Crippen LogP contribution in [0.1, 0.15) is 45.1 Å². The lowest BCUT2D eigenvalue weighted by Crippen LogP contribution is -2.53. The van der Waals surface area contributed by atoms with E-state index in [1.807, 2.05) is 63.2 Å². The Morgan fingerprint density at radius 3 is 2.65 bits per heavy atom. The van der Waals surface area contributed by atoms with Gasteiger partial charge in [-0.25, -0.2) is 4.98 Å². The molecule has 6 heteroatoms. The molecular formula is C25H28N2O4. The summed E-state index contributed by atoms with van der Waals surface area (Å²) in [5.74, 6) is 1.38. The highest BCUT2D eigenvalue weighted by molar-refractivity contribution is 5.88. The van der Waals surface area contributed by atoms with Crippen LogP contribution >= 0.6 is 0 Å². The summed E-state index contributed by atoms with van der Waals surface area (Å²) in [5, 5.41) is 3.34. The summed E-state index contributed by atoms with van der Waals surface area (Å²) in [6.45, 7) is 8.01. The smallest absolute Gasteiger partial charge is 0.327 e. The Kier molecular flexibility index (Phi) is 4.77. The van der Waals surface area contributed by atoms with Gasteiger partial charge in [-0.3, -0.25) is 4.79 Å². The predicted molar refractivity (Wildman–Crippen MR) is 117 cm³/mol. The Morgan fingerprint density at radius 1 is 1.13 bits per heavy atom. The zero-order chi connectivity index (χ0) is 21.6. The van der Waals surface area contributed by atoms with Crippen LogP contribution in [0.4, 0.5) is 0 Å². The van der Waals surface area contributed by atoms with Crippen molar-refractivity contribution in [1.82, 2.24) is 10.3 Å². The van der Waals surface area contributed by atoms with Gasteiger partial charge in [0.25, 0.3) is 0 Å². The second kappa shape index (κ2) is 7.38. The molecule has 2 aromatic carbocycles. The maximum atomic E-state index is 13.5. The van der Waals surface area contributed by atoms with Gasteiger partial charge in [-0.15, -0.1) is 0 Å². The standard InChI is InChI=1S/C25H28N2O4/c1-24(2,3)25(22-27-19-6-4-5-7-20(19)30-22)15-16-8-9-18(14-21(16)31-23(25)28)29-17-10-12-26-13-11-17/h4-9,14,17,26H,10-13,15H2,1-3H3. The highest BCUT2D eigenvalue weighted by Gasteiger charge is 2.57. The Bertz CT molecular complexity index is 1090. The maximum absolute atomic E-state index is 13.5. The fraction of sp³-hybridized carbons (Fsp3) is 0.440. The molecule has 1 aromatic heterocycles. The first-order chi connectivity index (χ1) is 14.9. The molecule has 5 rings (SSSR count). The number of piperidine rings is 1. The molecule has 2 aliphatic heterocycles. The molecule has 1 saturated heterocycles. The number of rotatable bonds is 3. The summed E-state index contributed by atoms with van der Waals surface area (Å²) in [5.41, 5.74) is 0.883. The molecule has 0 radical (unpaired) electrons. The number of aromatic nitrogens is 1. The number of para-hydroxylation sites is 2. The van der Waals surface area contributed by atoms with E-state index in [0.717, 1.165) is 42.8 Å². The average Bonchev–Trinajstić information content (AvgIpc) is 3.17. The third kappa shape index (κ3) is 3.39. The lowest BCUT2D eigenvalue weighted by atomic mass is 9.62. The number of hydrogen-bond acceptors (Lipinski definition) is 6. The van der Waals surface area contributed by atoms with E-state index in [-0.39, 0.29) is 12.1 Å². The molecule has 1 N–H and O–H groups in total. The first kappa shape index (κ1) is 20.1. The summed E-state index contributed by atoms with van der Waals surface area (Å²) in [6.07, 6.45) is 2.60. The Hall–Kier alpha value is -2.86. The first-order valence-corrected chi connectivity index (χ1v) is 11.0. The maximum Gasteiger partial charge on any atom is 0.327 e. The van der Waals surface area contributed by atoms with E-state index in [1.54, 1.807) is 0 Å². The molecule has 162 valence electrons. The van der Waals surface area contributed by atoms with Gasteiger partial charge in [0.05, 0.1) is 0 Å². The van der Waals surface area contributed by atoms with Crippen LogP contribution in [0.15, 0.2) is 46.9 Å². The predicted octanol–water partition coefficient (Wildman–Crippen LogP) is 4.40. The first-order valence-electron chi connectivity index (χ1n) is 11.0. The second-order valence-corrected chi connectivity index (χ2v) is 9.55. The molecule has 0 spiro atoms. The third-order valence-electron chi connectivity index (χ3n) is 6.57. The highest BCUT2D eigenvalue weighted by Crippen LogP contribution is 2.49. The van der Waals surface area contributed by atoms with Crippen LogP contribution in [-0.4, -0.2) is 30.1 Å². The van der Waals surface area contributed by atoms with Crippen molar-refractivity contribution in [1.29, 1.82) is 0 Å². The Morgan fingerprint density at radius 2 is 1.90 bits per heavy atom. The van der Waals surface area contributed by atoms with Crippen molar-refractivity contribution >= 4 is 17.1 Å². The normalized spacial score (nSPS) is 22.2. The van der Waals surface area contributed by atoms with Gasteiger partial charge in [0.1, 0.15) is 23.1 Å². The quantitative estimate of drug-likeness (QED) is 0.500. The van der Waals surface area contributed by atoms with Crippen LogP contribution in [-0.2, 0) is 16.6 Å². The molecule has 31 heavy (non-hydrogen) atoms. The molecular weight excluding hydrogens is 392 g/mol. The molecule has 6 nitrogen and oxygen atoms in total. The number of esters is 1. The van der Waals surface area contributed by atoms with Gasteiger partial charge in [0, 0.05) is 12.5 Å². The molecule has 3 heterocycles. The van der Waals surface area contributed by atoms with E-state index in [2.05, 4.69) is 5.32 Å². The summed E-state index contributed by atoms with van der Waals surface area (Å²) >= 11 is 0. The molecule has 0 amide bonds. The summed E-state index contributed by atoms with van der Waals surface area (Å²) in [6, 6.07) is 13.4. The van der Waals surface area contributed by atoms with Crippen molar-refractivity contribution in [2.24, 2.45) is 5.41 Å². The zero-order valence-electron chi connectivity index (χ0n) is 18.2. The molecule has 1 unspecified atom stereocenters. The fourth-order valence-electron chi connectivity index (χ4n) is 4.61. The van der Waals surface area contributed by atoms with E-state index in [0.29, 0.717) is 23.6 Å². The van der Waals surface area contributed by atoms with Gasteiger partial charge < -0.3 is 19.2 Å². The lowest BCUT2D eigenvalue weighted by Gasteiger charge is -2.42. The molecule has 3 aromatic rings. The largest absolute Gasteiger partial charge is 0.490 e. The number of ether oxygens (including phenoxy) is 2. The fourth-order valence-corrected chi connectivity index (χ4v) is 4.61. The Balaban J connectivity index is 1.51. The molecule has 1 fully saturated rings. The molecule has 0 aliphatic carbocycles. The van der Waals surface area contributed by atoms with E-state index in [1.165, 1.54) is 0 Å². The van der Waals surface area contributed by atoms with Crippen molar-refractivity contribution in [3.8, 4) is 11.5 Å². The number of fused-ring (bicyclic) bond motifs is 2. The van der Waals surface area contributed by atoms with Crippen molar-refractivity contribution < 1.29 is 18.7 Å². The van der Waals surface area contributed by atoms with E-state index in [9.17, 15) is 4.79 Å². The topological polar surface area (TPSA) is 73.6 Å². The Labute approximate surface area is 181 Å². The summed E-state index contributed by atoms with van der Waals surface area (Å²) < 4.78 is 18.2. The van der Waals surface area contributed by atoms with Gasteiger partial charge in [0.15, 0.2) is 11.0 Å². The number of nitrogens with one attached hydrogen (secondary N) is 1. The van der Waals surface area contributed by atoms with Crippen molar-refractivity contribution in [2.45, 2.75) is 51.6 Å². The minimum absolute atomic E-state index is 0.187. The van der Waals surface area contributed by atoms with Gasteiger partial charge in [0.2, 0.25) is 5.89 Å². The van der Waals surface area contributed by atoms with Gasteiger partial charge in [-0.1, -0.05) is 39.0 Å². The molecule has 1 atom stereocenters. The zero-order valence-corrected chi connectivity index (χ0v) is 18.2. The minimum Gasteiger partial charge on any atom is -0.490 e. The number of benzene rings is 2. The number of oxazole rings is 1. The molecule has 2 aliphatic rings. The van der Waals surface area contributed by atoms with Crippen molar-refractivity contribution in [3.05, 3.63) is 53.9 Å². The second-order valence-electron chi connectivity index (χ2n) is 9.55. The van der Waals surface area contributed by atoms with Crippen LogP contribution in [0, 0.1) is 5.41 Å². The molecule has 0 saturated carbocycles. The number of nitrogens with zero attached hydrogens (tertiary/aromatic N) is 1. The van der Waals surface area contributed by atoms with Crippen molar-refractivity contribution in [2.75, 3.05) is 13.1 Å². The van der Waals surface area contributed by atoms with Crippen molar-refractivity contribution in [3.63, 3.8) is 0 Å². The van der Waals surface area contributed by atoms with Gasteiger partial charge >= 0.3 is 5.97 Å². The van der Waals surface area contributed by atoms with E-state index < -0.39 is 10.8 Å². The minimum atomic E-state index is -1.02. The van der Waals surface area contributed by atoms with Crippen LogP contribution in [0.2, 0.25) is 0 Å². The summed E-state index contributed by atoms with van der Waals surface area (Å²) in [7, 11) is 0. The van der Waals surface area contributed by atoms with E-state index >= 15 is 0 Å². The lowest BCUT2D eigenvalue weighted by molar-refractivity contribution is -0.148. The van der Waals surface area contributed by atoms with Crippen LogP contribution in [0.3, 0.4) is 0 Å². The van der Waals surface area contributed by atoms with Gasteiger partial charge in [-0.2, -0.15) is 0 Å². The average molecular weight is 421 g/mol. The molecule has 0 bridgehead atoms. The summed E-state index contributed by atoms with van der Waals surface area (Å²) in [4.78, 5) is 18.2. The number of carbonyl (C=O) groups excluding carboxylic acids is 1. The number of carbonyl (C=O) groups is 1.